The highest BCUT2D eigenvalue weighted by molar-refractivity contribution is 7.99. The monoisotopic (exact) mass is 383 g/mol. The summed E-state index contributed by atoms with van der Waals surface area (Å²) >= 11 is 1.37. The largest absolute Gasteiger partial charge is 0.497 e. The number of ether oxygens (including phenoxy) is 1. The van der Waals surface area contributed by atoms with Crippen LogP contribution in [0.15, 0.2) is 53.9 Å². The maximum absolute atomic E-state index is 12.3. The third-order valence-electron chi connectivity index (χ3n) is 3.79. The molecule has 0 aliphatic carbocycles. The maximum Gasteiger partial charge on any atom is 0.234 e. The van der Waals surface area contributed by atoms with Crippen molar-refractivity contribution < 1.29 is 9.53 Å². The van der Waals surface area contributed by atoms with Crippen molar-refractivity contribution >= 4 is 23.4 Å². The maximum atomic E-state index is 12.3. The van der Waals surface area contributed by atoms with E-state index in [1.54, 1.807) is 31.6 Å². The molecule has 1 N–H and O–H groups in total. The molecule has 8 heteroatoms. The van der Waals surface area contributed by atoms with Gasteiger partial charge in [-0.15, -0.1) is 10.2 Å². The minimum atomic E-state index is -0.0980. The van der Waals surface area contributed by atoms with Crippen molar-refractivity contribution in [1.82, 2.24) is 19.7 Å². The molecule has 1 amide bonds. The van der Waals surface area contributed by atoms with Crippen molar-refractivity contribution in [1.29, 1.82) is 0 Å². The lowest BCUT2D eigenvalue weighted by atomic mass is 10.2. The second-order valence-electron chi connectivity index (χ2n) is 5.76. The first-order valence-corrected chi connectivity index (χ1v) is 9.60. The summed E-state index contributed by atoms with van der Waals surface area (Å²) in [7, 11) is 1.61. The number of thioether (sulfide) groups is 1. The Bertz CT molecular complexity index is 881. The number of anilines is 1. The van der Waals surface area contributed by atoms with Gasteiger partial charge in [0.15, 0.2) is 11.0 Å². The van der Waals surface area contributed by atoms with Gasteiger partial charge >= 0.3 is 0 Å². The summed E-state index contributed by atoms with van der Waals surface area (Å²) in [6.45, 7) is 2.87. The zero-order chi connectivity index (χ0) is 19.1. The van der Waals surface area contributed by atoms with Gasteiger partial charge in [-0.1, -0.05) is 18.7 Å². The zero-order valence-corrected chi connectivity index (χ0v) is 16.1. The van der Waals surface area contributed by atoms with Gasteiger partial charge in [0, 0.05) is 30.2 Å². The molecule has 0 saturated heterocycles. The highest BCUT2D eigenvalue weighted by Gasteiger charge is 2.15. The van der Waals surface area contributed by atoms with E-state index in [-0.39, 0.29) is 11.7 Å². The Hall–Kier alpha value is -2.87. The fourth-order valence-corrected chi connectivity index (χ4v) is 3.30. The van der Waals surface area contributed by atoms with Crippen LogP contribution in [0.25, 0.3) is 11.4 Å². The third-order valence-corrected chi connectivity index (χ3v) is 4.76. The summed E-state index contributed by atoms with van der Waals surface area (Å²) in [6.07, 6.45) is 4.43. The number of carbonyl (C=O) groups excluding carboxylic acids is 1. The lowest BCUT2D eigenvalue weighted by Crippen LogP contribution is -2.14. The van der Waals surface area contributed by atoms with E-state index in [9.17, 15) is 4.79 Å². The number of pyridine rings is 1. The number of benzene rings is 1. The minimum absolute atomic E-state index is 0.0980. The van der Waals surface area contributed by atoms with Gasteiger partial charge < -0.3 is 14.6 Å². The second-order valence-corrected chi connectivity index (χ2v) is 6.71. The van der Waals surface area contributed by atoms with E-state index in [4.69, 9.17) is 4.74 Å². The van der Waals surface area contributed by atoms with Gasteiger partial charge in [-0.25, -0.2) is 0 Å². The molecule has 27 heavy (non-hydrogen) atoms. The predicted molar refractivity (Wildman–Crippen MR) is 106 cm³/mol. The van der Waals surface area contributed by atoms with Crippen LogP contribution in [-0.4, -0.2) is 38.5 Å². The second kappa shape index (κ2) is 9.18. The number of methoxy groups -OCH3 is 1. The van der Waals surface area contributed by atoms with E-state index < -0.39 is 0 Å². The van der Waals surface area contributed by atoms with Crippen LogP contribution < -0.4 is 10.1 Å². The molecule has 7 nitrogen and oxygen atoms in total. The first-order chi connectivity index (χ1) is 13.2. The Morgan fingerprint density at radius 2 is 2.04 bits per heavy atom. The van der Waals surface area contributed by atoms with Crippen molar-refractivity contribution in [3.8, 4) is 17.1 Å². The zero-order valence-electron chi connectivity index (χ0n) is 15.3. The quantitative estimate of drug-likeness (QED) is 0.600. The molecule has 2 heterocycles. The average Bonchev–Trinajstić information content (AvgIpc) is 3.10. The van der Waals surface area contributed by atoms with E-state index in [1.807, 2.05) is 28.8 Å². The summed E-state index contributed by atoms with van der Waals surface area (Å²) in [5.74, 6) is 1.67. The number of hydrogen-bond donors (Lipinski definition) is 1. The van der Waals surface area contributed by atoms with E-state index in [1.165, 1.54) is 11.8 Å². The lowest BCUT2D eigenvalue weighted by Gasteiger charge is -2.09. The molecule has 0 aliphatic rings. The van der Waals surface area contributed by atoms with Gasteiger partial charge in [0.2, 0.25) is 5.91 Å². The molecule has 0 bridgehead atoms. The summed E-state index contributed by atoms with van der Waals surface area (Å²) < 4.78 is 7.15. The van der Waals surface area contributed by atoms with Crippen LogP contribution in [0.4, 0.5) is 5.69 Å². The van der Waals surface area contributed by atoms with Crippen molar-refractivity contribution in [2.75, 3.05) is 18.2 Å². The molecule has 3 rings (SSSR count). The molecule has 0 radical (unpaired) electrons. The number of amides is 1. The normalized spacial score (nSPS) is 10.6. The first-order valence-electron chi connectivity index (χ1n) is 8.61. The predicted octanol–water partition coefficient (Wildman–Crippen LogP) is 3.49. The molecular formula is C19H21N5O2S. The molecule has 3 aromatic rings. The van der Waals surface area contributed by atoms with Gasteiger partial charge in [0.1, 0.15) is 5.75 Å². The lowest BCUT2D eigenvalue weighted by molar-refractivity contribution is -0.113. The summed E-state index contributed by atoms with van der Waals surface area (Å²) in [4.78, 5) is 16.4. The Morgan fingerprint density at radius 3 is 2.70 bits per heavy atom. The van der Waals surface area contributed by atoms with Crippen molar-refractivity contribution in [3.05, 3.63) is 48.8 Å². The summed E-state index contributed by atoms with van der Waals surface area (Å²) in [6, 6.07) is 11.0. The van der Waals surface area contributed by atoms with E-state index in [2.05, 4.69) is 27.4 Å². The topological polar surface area (TPSA) is 81.9 Å². The van der Waals surface area contributed by atoms with Crippen LogP contribution in [0, 0.1) is 0 Å². The van der Waals surface area contributed by atoms with E-state index >= 15 is 0 Å². The molecule has 0 spiro atoms. The Labute approximate surface area is 162 Å². The van der Waals surface area contributed by atoms with E-state index in [0.29, 0.717) is 0 Å². The molecule has 140 valence electrons. The summed E-state index contributed by atoms with van der Waals surface area (Å²) in [5.41, 5.74) is 1.64. The van der Waals surface area contributed by atoms with Gasteiger partial charge in [-0.3, -0.25) is 9.78 Å². The van der Waals surface area contributed by atoms with Crippen molar-refractivity contribution in [2.24, 2.45) is 0 Å². The number of carbonyl (C=O) groups is 1. The molecule has 0 atom stereocenters. The average molecular weight is 383 g/mol. The number of hydrogen-bond acceptors (Lipinski definition) is 6. The SMILES string of the molecule is CCCn1c(SCC(=O)Nc2ccc(OC)cc2)nnc1-c1cccnc1. The highest BCUT2D eigenvalue weighted by Crippen LogP contribution is 2.24. The van der Waals surface area contributed by atoms with Crippen molar-refractivity contribution in [2.45, 2.75) is 25.0 Å². The first kappa shape index (κ1) is 18.9. The molecule has 0 fully saturated rings. The molecular weight excluding hydrogens is 362 g/mol. The smallest absolute Gasteiger partial charge is 0.234 e. The van der Waals surface area contributed by atoms with Crippen LogP contribution >= 0.6 is 11.8 Å². The van der Waals surface area contributed by atoms with Gasteiger partial charge in [0.25, 0.3) is 0 Å². The van der Waals surface area contributed by atoms with E-state index in [0.717, 1.165) is 40.9 Å². The van der Waals surface area contributed by atoms with Crippen LogP contribution in [0.5, 0.6) is 5.75 Å². The van der Waals surface area contributed by atoms with Gasteiger partial charge in [-0.05, 0) is 42.8 Å². The van der Waals surface area contributed by atoms with Crippen LogP contribution in [0.3, 0.4) is 0 Å². The molecule has 0 aliphatic heterocycles. The summed E-state index contributed by atoms with van der Waals surface area (Å²) in [5, 5.41) is 12.2. The standard InChI is InChI=1S/C19H21N5O2S/c1-3-11-24-18(14-5-4-10-20-12-14)22-23-19(24)27-13-17(25)21-15-6-8-16(26-2)9-7-15/h4-10,12H,3,11,13H2,1-2H3,(H,21,25). The van der Waals surface area contributed by atoms with Gasteiger partial charge in [0.05, 0.1) is 12.9 Å². The van der Waals surface area contributed by atoms with Crippen LogP contribution in [0.2, 0.25) is 0 Å². The highest BCUT2D eigenvalue weighted by atomic mass is 32.2. The number of rotatable bonds is 8. The molecule has 1 aromatic carbocycles. The minimum Gasteiger partial charge on any atom is -0.497 e. The fraction of sp³-hybridized carbons (Fsp3) is 0.263. The van der Waals surface area contributed by atoms with Crippen molar-refractivity contribution in [3.63, 3.8) is 0 Å². The number of nitrogens with zero attached hydrogens (tertiary/aromatic N) is 4. The third kappa shape index (κ3) is 4.85. The molecule has 0 unspecified atom stereocenters. The number of nitrogens with one attached hydrogen (secondary N) is 1. The Kier molecular flexibility index (Phi) is 6.43. The number of aromatic nitrogens is 4. The molecule has 0 saturated carbocycles. The Balaban J connectivity index is 1.66. The molecule has 2 aromatic heterocycles. The Morgan fingerprint density at radius 1 is 1.22 bits per heavy atom. The van der Waals surface area contributed by atoms with Crippen LogP contribution in [0.1, 0.15) is 13.3 Å². The fourth-order valence-electron chi connectivity index (χ4n) is 2.53. The van der Waals surface area contributed by atoms with Gasteiger partial charge in [-0.2, -0.15) is 0 Å². The van der Waals surface area contributed by atoms with Crippen LogP contribution in [-0.2, 0) is 11.3 Å².